The summed E-state index contributed by atoms with van der Waals surface area (Å²) in [5.41, 5.74) is 3.63. The van der Waals surface area contributed by atoms with Crippen LogP contribution < -0.4 is 20.7 Å². The van der Waals surface area contributed by atoms with Crippen LogP contribution in [0.1, 0.15) is 24.0 Å². The molecule has 0 bridgehead atoms. The zero-order valence-corrected chi connectivity index (χ0v) is 19.5. The van der Waals surface area contributed by atoms with Crippen molar-refractivity contribution in [1.82, 2.24) is 20.6 Å². The normalized spacial score (nSPS) is 13.7. The molecule has 0 spiro atoms. The Labute approximate surface area is 199 Å². The molecule has 0 saturated carbocycles. The van der Waals surface area contributed by atoms with E-state index in [4.69, 9.17) is 9.47 Å². The number of piperidine rings is 1. The van der Waals surface area contributed by atoms with Crippen molar-refractivity contribution in [2.75, 3.05) is 38.7 Å². The van der Waals surface area contributed by atoms with Crippen molar-refractivity contribution in [2.45, 2.75) is 25.9 Å². The van der Waals surface area contributed by atoms with Gasteiger partial charge in [-0.15, -0.1) is 0 Å². The molecular formula is C26H29N5O3. The number of benzene rings is 2. The van der Waals surface area contributed by atoms with Gasteiger partial charge in [0.2, 0.25) is 5.91 Å². The van der Waals surface area contributed by atoms with E-state index in [1.54, 1.807) is 6.33 Å². The van der Waals surface area contributed by atoms with E-state index < -0.39 is 0 Å². The molecule has 2 heterocycles. The summed E-state index contributed by atoms with van der Waals surface area (Å²) < 4.78 is 11.0. The molecule has 0 aliphatic carbocycles. The summed E-state index contributed by atoms with van der Waals surface area (Å²) in [4.78, 5) is 20.3. The average molecular weight is 460 g/mol. The highest BCUT2D eigenvalue weighted by Crippen LogP contribution is 2.28. The Morgan fingerprint density at radius 2 is 2.03 bits per heavy atom. The molecule has 1 aliphatic rings. The summed E-state index contributed by atoms with van der Waals surface area (Å²) in [6.07, 6.45) is 3.86. The number of carbonyl (C=O) groups is 1. The van der Waals surface area contributed by atoms with Crippen LogP contribution in [0.3, 0.4) is 0 Å². The van der Waals surface area contributed by atoms with E-state index in [1.807, 2.05) is 30.3 Å². The maximum absolute atomic E-state index is 11.5. The molecule has 2 aromatic carbocycles. The number of hydrogen-bond acceptors (Lipinski definition) is 7. The first kappa shape index (κ1) is 23.5. The van der Waals surface area contributed by atoms with Gasteiger partial charge in [-0.05, 0) is 74.8 Å². The highest BCUT2D eigenvalue weighted by molar-refractivity contribution is 5.91. The molecule has 1 amide bonds. The second kappa shape index (κ2) is 11.5. The van der Waals surface area contributed by atoms with Crippen molar-refractivity contribution >= 4 is 28.3 Å². The number of ether oxygens (including phenoxy) is 2. The number of aromatic nitrogens is 2. The number of hydrogen-bond donors (Lipinski definition) is 3. The van der Waals surface area contributed by atoms with Gasteiger partial charge in [-0.25, -0.2) is 9.97 Å². The van der Waals surface area contributed by atoms with Crippen LogP contribution >= 0.6 is 0 Å². The maximum atomic E-state index is 11.5. The molecule has 3 aromatic rings. The van der Waals surface area contributed by atoms with Gasteiger partial charge in [-0.3, -0.25) is 4.79 Å². The molecule has 0 atom stereocenters. The number of nitrogens with zero attached hydrogens (tertiary/aromatic N) is 2. The first-order valence-corrected chi connectivity index (χ1v) is 11.4. The number of anilines is 2. The third kappa shape index (κ3) is 6.22. The molecule has 4 rings (SSSR count). The molecule has 1 fully saturated rings. The van der Waals surface area contributed by atoms with Crippen LogP contribution in [-0.2, 0) is 9.53 Å². The first-order valence-electron chi connectivity index (χ1n) is 11.4. The van der Waals surface area contributed by atoms with Gasteiger partial charge in [0.1, 0.15) is 30.6 Å². The quantitative estimate of drug-likeness (QED) is 0.468. The molecule has 1 aliphatic heterocycles. The van der Waals surface area contributed by atoms with Crippen molar-refractivity contribution in [3.63, 3.8) is 0 Å². The Bertz CT molecular complexity index is 1210. The maximum Gasteiger partial charge on any atom is 0.246 e. The predicted molar refractivity (Wildman–Crippen MR) is 132 cm³/mol. The number of methoxy groups -OCH3 is 1. The van der Waals surface area contributed by atoms with E-state index >= 15 is 0 Å². The minimum atomic E-state index is -0.197. The highest BCUT2D eigenvalue weighted by Gasteiger charge is 2.15. The fourth-order valence-electron chi connectivity index (χ4n) is 3.79. The van der Waals surface area contributed by atoms with Gasteiger partial charge in [0, 0.05) is 23.7 Å². The fraction of sp³-hybridized carbons (Fsp3) is 0.346. The zero-order chi connectivity index (χ0) is 23.8. The van der Waals surface area contributed by atoms with Gasteiger partial charge in [-0.1, -0.05) is 11.8 Å². The van der Waals surface area contributed by atoms with Gasteiger partial charge in [0.25, 0.3) is 0 Å². The number of aryl methyl sites for hydroxylation is 1. The lowest BCUT2D eigenvalue weighted by molar-refractivity contribution is -0.124. The lowest BCUT2D eigenvalue weighted by Crippen LogP contribution is -2.34. The van der Waals surface area contributed by atoms with Gasteiger partial charge in [-0.2, -0.15) is 0 Å². The van der Waals surface area contributed by atoms with Gasteiger partial charge < -0.3 is 25.4 Å². The Morgan fingerprint density at radius 1 is 1.18 bits per heavy atom. The standard InChI is InChI=1S/C26H29N5O3/c1-18-14-20(6-8-24(18)34-21-9-12-27-13-10-21)31-26-22-15-19(5-7-23(22)29-17-30-26)4-3-11-28-25(32)16-33-2/h5-8,14-15,17,21,27H,9-13,16H2,1-2H3,(H,28,32)(H,29,30,31). The van der Waals surface area contributed by atoms with E-state index in [2.05, 4.69) is 50.7 Å². The Balaban J connectivity index is 1.48. The van der Waals surface area contributed by atoms with Crippen LogP contribution in [0.4, 0.5) is 11.5 Å². The number of carbonyl (C=O) groups excluding carboxylic acids is 1. The van der Waals surface area contributed by atoms with E-state index in [1.165, 1.54) is 7.11 Å². The fourth-order valence-corrected chi connectivity index (χ4v) is 3.79. The summed E-state index contributed by atoms with van der Waals surface area (Å²) in [5, 5.41) is 10.3. The van der Waals surface area contributed by atoms with Crippen LogP contribution in [0.5, 0.6) is 5.75 Å². The molecule has 176 valence electrons. The van der Waals surface area contributed by atoms with Gasteiger partial charge >= 0.3 is 0 Å². The van der Waals surface area contributed by atoms with E-state index in [-0.39, 0.29) is 25.2 Å². The minimum absolute atomic E-state index is 0.0225. The van der Waals surface area contributed by atoms with E-state index in [0.717, 1.165) is 59.4 Å². The molecular weight excluding hydrogens is 430 g/mol. The molecule has 8 nitrogen and oxygen atoms in total. The third-order valence-electron chi connectivity index (χ3n) is 5.53. The van der Waals surface area contributed by atoms with Crippen molar-refractivity contribution in [2.24, 2.45) is 0 Å². The van der Waals surface area contributed by atoms with Crippen LogP contribution in [0, 0.1) is 18.8 Å². The Morgan fingerprint density at radius 3 is 2.82 bits per heavy atom. The summed E-state index contributed by atoms with van der Waals surface area (Å²) in [7, 11) is 1.48. The van der Waals surface area contributed by atoms with Crippen molar-refractivity contribution in [1.29, 1.82) is 0 Å². The number of rotatable bonds is 7. The highest BCUT2D eigenvalue weighted by atomic mass is 16.5. The molecule has 0 radical (unpaired) electrons. The average Bonchev–Trinajstić information content (AvgIpc) is 2.85. The summed E-state index contributed by atoms with van der Waals surface area (Å²) in [5.74, 6) is 7.45. The zero-order valence-electron chi connectivity index (χ0n) is 19.5. The number of amides is 1. The van der Waals surface area contributed by atoms with Crippen LogP contribution in [0.25, 0.3) is 10.9 Å². The third-order valence-corrected chi connectivity index (χ3v) is 5.53. The van der Waals surface area contributed by atoms with Gasteiger partial charge in [0.15, 0.2) is 0 Å². The molecule has 34 heavy (non-hydrogen) atoms. The SMILES string of the molecule is COCC(=O)NCC#Cc1ccc2ncnc(Nc3ccc(OC4CCNCC4)c(C)c3)c2c1. The monoisotopic (exact) mass is 459 g/mol. The van der Waals surface area contributed by atoms with Crippen LogP contribution in [0.2, 0.25) is 0 Å². The van der Waals surface area contributed by atoms with Crippen LogP contribution in [0.15, 0.2) is 42.7 Å². The lowest BCUT2D eigenvalue weighted by atomic mass is 10.1. The number of fused-ring (bicyclic) bond motifs is 1. The Kier molecular flexibility index (Phi) is 7.91. The molecule has 8 heteroatoms. The lowest BCUT2D eigenvalue weighted by Gasteiger charge is -2.24. The number of nitrogens with one attached hydrogen (secondary N) is 3. The van der Waals surface area contributed by atoms with Crippen molar-refractivity contribution in [3.05, 3.63) is 53.9 Å². The van der Waals surface area contributed by atoms with Gasteiger partial charge in [0.05, 0.1) is 12.1 Å². The van der Waals surface area contributed by atoms with E-state index in [9.17, 15) is 4.79 Å². The topological polar surface area (TPSA) is 97.4 Å². The summed E-state index contributed by atoms with van der Waals surface area (Å²) >= 11 is 0. The second-order valence-corrected chi connectivity index (χ2v) is 8.14. The molecule has 1 aromatic heterocycles. The molecule has 0 unspecified atom stereocenters. The summed E-state index contributed by atoms with van der Waals surface area (Å²) in [6, 6.07) is 11.8. The van der Waals surface area contributed by atoms with E-state index in [0.29, 0.717) is 5.82 Å². The second-order valence-electron chi connectivity index (χ2n) is 8.14. The predicted octanol–water partition coefficient (Wildman–Crippen LogP) is 2.93. The minimum Gasteiger partial charge on any atom is -0.490 e. The Hall–Kier alpha value is -3.67. The largest absolute Gasteiger partial charge is 0.490 e. The van der Waals surface area contributed by atoms with Crippen LogP contribution in [-0.4, -0.2) is 55.3 Å². The molecule has 3 N–H and O–H groups in total. The summed E-state index contributed by atoms with van der Waals surface area (Å²) in [6.45, 7) is 4.33. The smallest absolute Gasteiger partial charge is 0.246 e. The van der Waals surface area contributed by atoms with Crippen molar-refractivity contribution < 1.29 is 14.3 Å². The van der Waals surface area contributed by atoms with Crippen molar-refractivity contribution in [3.8, 4) is 17.6 Å². The molecule has 1 saturated heterocycles. The first-order chi connectivity index (χ1) is 16.6.